The molecule has 19 heavy (non-hydrogen) atoms. The molecule has 0 aromatic rings. The van der Waals surface area contributed by atoms with E-state index in [0.29, 0.717) is 18.2 Å². The number of hydrogen-bond donors (Lipinski definition) is 0. The van der Waals surface area contributed by atoms with Gasteiger partial charge in [-0.05, 0) is 18.8 Å². The van der Waals surface area contributed by atoms with Crippen molar-refractivity contribution in [1.29, 1.82) is 0 Å². The van der Waals surface area contributed by atoms with Crippen LogP contribution in [0.1, 0.15) is 58.8 Å². The number of amides is 1. The van der Waals surface area contributed by atoms with Crippen molar-refractivity contribution in [3.8, 4) is 0 Å². The van der Waals surface area contributed by atoms with Crippen molar-refractivity contribution in [2.45, 2.75) is 64.8 Å². The van der Waals surface area contributed by atoms with E-state index in [0.717, 1.165) is 32.2 Å². The minimum Gasteiger partial charge on any atom is -0.340 e. The molecule has 0 radical (unpaired) electrons. The third-order valence-electron chi connectivity index (χ3n) is 4.59. The Balaban J connectivity index is 1.76. The van der Waals surface area contributed by atoms with E-state index in [9.17, 15) is 4.79 Å². The van der Waals surface area contributed by atoms with Gasteiger partial charge in [-0.25, -0.2) is 0 Å². The molecule has 0 bridgehead atoms. The van der Waals surface area contributed by atoms with Crippen LogP contribution < -0.4 is 0 Å². The maximum Gasteiger partial charge on any atom is 0.222 e. The average molecular weight is 266 g/mol. The first kappa shape index (κ1) is 14.8. The van der Waals surface area contributed by atoms with Gasteiger partial charge in [0.25, 0.3) is 0 Å². The average Bonchev–Trinajstić information content (AvgIpc) is 2.67. The van der Waals surface area contributed by atoms with Crippen LogP contribution in [0.4, 0.5) is 0 Å². The van der Waals surface area contributed by atoms with Gasteiger partial charge in [0, 0.05) is 38.6 Å². The van der Waals surface area contributed by atoms with Crippen LogP contribution >= 0.6 is 0 Å². The molecule has 1 aliphatic heterocycles. The predicted molar refractivity (Wildman–Crippen MR) is 79.1 cm³/mol. The molecule has 3 heteroatoms. The fourth-order valence-corrected chi connectivity index (χ4v) is 3.44. The van der Waals surface area contributed by atoms with Gasteiger partial charge in [-0.15, -0.1) is 0 Å². The molecule has 1 heterocycles. The normalized spacial score (nSPS) is 23.6. The first-order valence-electron chi connectivity index (χ1n) is 8.18. The predicted octanol–water partition coefficient (Wildman–Crippen LogP) is 2.90. The van der Waals surface area contributed by atoms with Crippen molar-refractivity contribution in [3.05, 3.63) is 0 Å². The highest BCUT2D eigenvalue weighted by Crippen LogP contribution is 2.23. The Morgan fingerprint density at radius 2 is 1.58 bits per heavy atom. The standard InChI is InChI=1S/C16H30N2O/c1-14(2)13-16(19)18-11-9-17(10-12-18)15-7-5-3-4-6-8-15/h14-15H,3-13H2,1-2H3. The molecule has 1 saturated carbocycles. The minimum absolute atomic E-state index is 0.357. The van der Waals surface area contributed by atoms with E-state index in [1.165, 1.54) is 38.5 Å². The number of rotatable bonds is 3. The van der Waals surface area contributed by atoms with Gasteiger partial charge in [0.1, 0.15) is 0 Å². The highest BCUT2D eigenvalue weighted by atomic mass is 16.2. The van der Waals surface area contributed by atoms with E-state index in [-0.39, 0.29) is 0 Å². The molecule has 0 spiro atoms. The fraction of sp³-hybridized carbons (Fsp3) is 0.938. The van der Waals surface area contributed by atoms with Crippen LogP contribution in [0, 0.1) is 5.92 Å². The summed E-state index contributed by atoms with van der Waals surface area (Å²) >= 11 is 0. The topological polar surface area (TPSA) is 23.6 Å². The number of carbonyl (C=O) groups is 1. The largest absolute Gasteiger partial charge is 0.340 e. The van der Waals surface area contributed by atoms with E-state index in [4.69, 9.17) is 0 Å². The van der Waals surface area contributed by atoms with Crippen LogP contribution in [0.15, 0.2) is 0 Å². The summed E-state index contributed by atoms with van der Waals surface area (Å²) in [7, 11) is 0. The first-order valence-corrected chi connectivity index (χ1v) is 8.18. The Bertz CT molecular complexity index is 274. The summed E-state index contributed by atoms with van der Waals surface area (Å²) in [5.74, 6) is 0.836. The second-order valence-electron chi connectivity index (χ2n) is 6.66. The van der Waals surface area contributed by atoms with E-state index in [2.05, 4.69) is 23.6 Å². The van der Waals surface area contributed by atoms with Gasteiger partial charge < -0.3 is 4.90 Å². The Kier molecular flexibility index (Phi) is 5.68. The van der Waals surface area contributed by atoms with Crippen molar-refractivity contribution in [2.24, 2.45) is 5.92 Å². The Labute approximate surface area is 118 Å². The Morgan fingerprint density at radius 1 is 1.00 bits per heavy atom. The van der Waals surface area contributed by atoms with Crippen LogP contribution in [-0.4, -0.2) is 47.9 Å². The lowest BCUT2D eigenvalue weighted by Crippen LogP contribution is -2.52. The van der Waals surface area contributed by atoms with E-state index in [1.807, 2.05) is 0 Å². The molecule has 1 amide bonds. The molecule has 0 unspecified atom stereocenters. The molecule has 3 nitrogen and oxygen atoms in total. The van der Waals surface area contributed by atoms with Crippen LogP contribution in [-0.2, 0) is 4.79 Å². The minimum atomic E-state index is 0.357. The Morgan fingerprint density at radius 3 is 2.11 bits per heavy atom. The zero-order chi connectivity index (χ0) is 13.7. The molecular formula is C16H30N2O. The van der Waals surface area contributed by atoms with E-state index in [1.54, 1.807) is 0 Å². The monoisotopic (exact) mass is 266 g/mol. The molecule has 2 rings (SSSR count). The Hall–Kier alpha value is -0.570. The van der Waals surface area contributed by atoms with E-state index >= 15 is 0 Å². The van der Waals surface area contributed by atoms with Gasteiger partial charge in [0.2, 0.25) is 5.91 Å². The van der Waals surface area contributed by atoms with Crippen LogP contribution in [0.25, 0.3) is 0 Å². The summed E-state index contributed by atoms with van der Waals surface area (Å²) in [5, 5.41) is 0. The van der Waals surface area contributed by atoms with Crippen LogP contribution in [0.3, 0.4) is 0 Å². The molecular weight excluding hydrogens is 236 g/mol. The van der Waals surface area contributed by atoms with Gasteiger partial charge in [0.15, 0.2) is 0 Å². The van der Waals surface area contributed by atoms with Crippen molar-refractivity contribution >= 4 is 5.91 Å². The zero-order valence-electron chi connectivity index (χ0n) is 12.7. The smallest absolute Gasteiger partial charge is 0.222 e. The maximum absolute atomic E-state index is 12.1. The van der Waals surface area contributed by atoms with Gasteiger partial charge in [-0.1, -0.05) is 39.5 Å². The van der Waals surface area contributed by atoms with Crippen LogP contribution in [0.5, 0.6) is 0 Å². The molecule has 2 aliphatic rings. The maximum atomic E-state index is 12.1. The quantitative estimate of drug-likeness (QED) is 0.733. The van der Waals surface area contributed by atoms with Crippen molar-refractivity contribution in [3.63, 3.8) is 0 Å². The summed E-state index contributed by atoms with van der Waals surface area (Å²) < 4.78 is 0. The van der Waals surface area contributed by atoms with Crippen molar-refractivity contribution in [2.75, 3.05) is 26.2 Å². The summed E-state index contributed by atoms with van der Waals surface area (Å²) in [4.78, 5) is 16.8. The van der Waals surface area contributed by atoms with Crippen molar-refractivity contribution < 1.29 is 4.79 Å². The third kappa shape index (κ3) is 4.48. The lowest BCUT2D eigenvalue weighted by atomic mass is 10.1. The number of piperazine rings is 1. The lowest BCUT2D eigenvalue weighted by molar-refractivity contribution is -0.134. The second-order valence-corrected chi connectivity index (χ2v) is 6.66. The number of nitrogens with zero attached hydrogens (tertiary/aromatic N) is 2. The highest BCUT2D eigenvalue weighted by molar-refractivity contribution is 5.76. The van der Waals surface area contributed by atoms with Gasteiger partial charge in [-0.2, -0.15) is 0 Å². The van der Waals surface area contributed by atoms with Crippen LogP contribution in [0.2, 0.25) is 0 Å². The van der Waals surface area contributed by atoms with Gasteiger partial charge in [-0.3, -0.25) is 9.69 Å². The highest BCUT2D eigenvalue weighted by Gasteiger charge is 2.26. The summed E-state index contributed by atoms with van der Waals surface area (Å²) in [6.07, 6.45) is 9.10. The van der Waals surface area contributed by atoms with E-state index < -0.39 is 0 Å². The molecule has 110 valence electrons. The molecule has 1 aliphatic carbocycles. The summed E-state index contributed by atoms with van der Waals surface area (Å²) in [5.41, 5.74) is 0. The molecule has 2 fully saturated rings. The second kappa shape index (κ2) is 7.28. The molecule has 1 saturated heterocycles. The lowest BCUT2D eigenvalue weighted by Gasteiger charge is -2.39. The zero-order valence-corrected chi connectivity index (χ0v) is 12.7. The fourth-order valence-electron chi connectivity index (χ4n) is 3.44. The molecule has 0 aromatic carbocycles. The summed E-state index contributed by atoms with van der Waals surface area (Å²) in [6.45, 7) is 8.33. The number of hydrogen-bond acceptors (Lipinski definition) is 2. The summed E-state index contributed by atoms with van der Waals surface area (Å²) in [6, 6.07) is 0.796. The van der Waals surface area contributed by atoms with Gasteiger partial charge >= 0.3 is 0 Å². The SMILES string of the molecule is CC(C)CC(=O)N1CCN(C2CCCCCC2)CC1. The number of carbonyl (C=O) groups excluding carboxylic acids is 1. The van der Waals surface area contributed by atoms with Crippen molar-refractivity contribution in [1.82, 2.24) is 9.80 Å². The molecule has 0 atom stereocenters. The first-order chi connectivity index (χ1) is 9.16. The molecule has 0 aromatic heterocycles. The third-order valence-corrected chi connectivity index (χ3v) is 4.59. The van der Waals surface area contributed by atoms with Gasteiger partial charge in [0.05, 0.1) is 0 Å². The molecule has 0 N–H and O–H groups in total.